The Morgan fingerprint density at radius 1 is 1.16 bits per heavy atom. The number of Topliss-reactive ketones (excluding diaryl/α,β-unsaturated/α-hetero) is 1. The first-order chi connectivity index (χ1) is 17.6. The molecule has 37 heavy (non-hydrogen) atoms. The van der Waals surface area contributed by atoms with Gasteiger partial charge in [0.2, 0.25) is 0 Å². The Balaban J connectivity index is 1.34. The van der Waals surface area contributed by atoms with Crippen molar-refractivity contribution < 1.29 is 13.9 Å². The number of hydrogen-bond donors (Lipinski definition) is 2. The van der Waals surface area contributed by atoms with Gasteiger partial charge < -0.3 is 10.5 Å². The maximum absolute atomic E-state index is 14.8. The molecule has 0 aromatic heterocycles. The Morgan fingerprint density at radius 3 is 2.70 bits per heavy atom. The summed E-state index contributed by atoms with van der Waals surface area (Å²) in [6, 6.07) is 0. The summed E-state index contributed by atoms with van der Waals surface area (Å²) in [7, 11) is 1.88. The molecule has 5 aliphatic rings. The van der Waals surface area contributed by atoms with Crippen LogP contribution in [-0.4, -0.2) is 31.1 Å². The third kappa shape index (κ3) is 4.50. The lowest BCUT2D eigenvalue weighted by Gasteiger charge is -2.62. The van der Waals surface area contributed by atoms with E-state index in [1.54, 1.807) is 6.08 Å². The van der Waals surface area contributed by atoms with E-state index in [0.29, 0.717) is 29.6 Å². The molecule has 5 rings (SSSR count). The summed E-state index contributed by atoms with van der Waals surface area (Å²) in [6.07, 6.45) is 14.6. The van der Waals surface area contributed by atoms with Crippen LogP contribution in [0.1, 0.15) is 85.0 Å². The molecule has 2 unspecified atom stereocenters. The number of ketones is 1. The predicted octanol–water partition coefficient (Wildman–Crippen LogP) is 6.03. The molecule has 8 atom stereocenters. The first kappa shape index (κ1) is 26.9. The Hall–Kier alpha value is -1.66. The summed E-state index contributed by atoms with van der Waals surface area (Å²) in [5.74, 6) is 9.55. The zero-order valence-electron chi connectivity index (χ0n) is 23.4. The van der Waals surface area contributed by atoms with Crippen molar-refractivity contribution in [3.05, 3.63) is 34.9 Å². The minimum absolute atomic E-state index is 0.00116. The molecule has 5 aliphatic carbocycles. The van der Waals surface area contributed by atoms with E-state index in [-0.39, 0.29) is 35.1 Å². The molecule has 0 aromatic carbocycles. The van der Waals surface area contributed by atoms with Crippen molar-refractivity contribution in [3.8, 4) is 0 Å². The molecular weight excluding hydrogens is 465 g/mol. The zero-order chi connectivity index (χ0) is 26.5. The summed E-state index contributed by atoms with van der Waals surface area (Å²) in [5, 5.41) is 1.25. The third-order valence-electron chi connectivity index (χ3n) is 11.5. The van der Waals surface area contributed by atoms with E-state index < -0.39 is 5.83 Å². The molecule has 4 saturated carbocycles. The van der Waals surface area contributed by atoms with Crippen LogP contribution >= 0.6 is 0 Å². The summed E-state index contributed by atoms with van der Waals surface area (Å²) in [6.45, 7) is 7.60. The molecule has 4 N–H and O–H groups in total. The van der Waals surface area contributed by atoms with E-state index in [1.165, 1.54) is 49.6 Å². The van der Waals surface area contributed by atoms with Crippen molar-refractivity contribution in [2.45, 2.75) is 85.0 Å². The number of methoxy groups -OCH3 is 1. The number of hydrazine groups is 1. The zero-order valence-corrected chi connectivity index (χ0v) is 23.4. The first-order valence-electron chi connectivity index (χ1n) is 14.7. The molecule has 0 heterocycles. The van der Waals surface area contributed by atoms with Gasteiger partial charge in [0.1, 0.15) is 11.5 Å². The van der Waals surface area contributed by atoms with E-state index in [9.17, 15) is 9.18 Å². The lowest BCUT2D eigenvalue weighted by atomic mass is 9.44. The van der Waals surface area contributed by atoms with E-state index >= 15 is 0 Å². The second-order valence-corrected chi connectivity index (χ2v) is 13.5. The number of rotatable bonds is 6. The summed E-state index contributed by atoms with van der Waals surface area (Å²) in [4.78, 5) is 13.7. The number of nitrogens with zero attached hydrogens (tertiary/aromatic N) is 1. The SMILES string of the molecule is COC[C@]12CC[C@H](C)CC1CC[C@H]1C3CC[C@H](C(=O)CN(N)C4=C(N)C=C(C)CC=C4F)[C@@]3(C)CC[C@@H]12. The van der Waals surface area contributed by atoms with Gasteiger partial charge >= 0.3 is 0 Å². The van der Waals surface area contributed by atoms with Gasteiger partial charge in [0, 0.05) is 13.0 Å². The molecule has 5 nitrogen and oxygen atoms in total. The number of halogens is 1. The topological polar surface area (TPSA) is 81.6 Å². The van der Waals surface area contributed by atoms with Gasteiger partial charge in [0.25, 0.3) is 0 Å². The number of carbonyl (C=O) groups is 1. The molecule has 4 fully saturated rings. The number of carbonyl (C=O) groups excluding carboxylic acids is 1. The lowest BCUT2D eigenvalue weighted by molar-refractivity contribution is -0.154. The minimum Gasteiger partial charge on any atom is -0.397 e. The summed E-state index contributed by atoms with van der Waals surface area (Å²) >= 11 is 0. The van der Waals surface area contributed by atoms with Crippen LogP contribution in [0.5, 0.6) is 0 Å². The van der Waals surface area contributed by atoms with E-state index in [0.717, 1.165) is 43.3 Å². The normalized spacial score (nSPS) is 41.7. The number of fused-ring (bicyclic) bond motifs is 5. The Morgan fingerprint density at radius 2 is 1.95 bits per heavy atom. The molecule has 0 spiro atoms. The van der Waals surface area contributed by atoms with Gasteiger partial charge in [-0.3, -0.25) is 9.80 Å². The van der Waals surface area contributed by atoms with Gasteiger partial charge in [0.15, 0.2) is 5.78 Å². The monoisotopic (exact) mass is 513 g/mol. The highest BCUT2D eigenvalue weighted by molar-refractivity contribution is 5.84. The van der Waals surface area contributed by atoms with Crippen LogP contribution in [-0.2, 0) is 9.53 Å². The van der Waals surface area contributed by atoms with Gasteiger partial charge in [-0.15, -0.1) is 0 Å². The van der Waals surface area contributed by atoms with Gasteiger partial charge in [-0.1, -0.05) is 25.8 Å². The second-order valence-electron chi connectivity index (χ2n) is 13.5. The fraction of sp³-hybridized carbons (Fsp3) is 0.774. The van der Waals surface area contributed by atoms with E-state index in [2.05, 4.69) is 13.8 Å². The molecule has 0 amide bonds. The maximum atomic E-state index is 14.8. The van der Waals surface area contributed by atoms with Crippen LogP contribution in [0.15, 0.2) is 34.9 Å². The number of hydrogen-bond acceptors (Lipinski definition) is 5. The fourth-order valence-electron chi connectivity index (χ4n) is 9.88. The molecular formula is C31H48FN3O2. The maximum Gasteiger partial charge on any atom is 0.157 e. The van der Waals surface area contributed by atoms with Gasteiger partial charge in [-0.25, -0.2) is 10.2 Å². The van der Waals surface area contributed by atoms with Crippen molar-refractivity contribution in [2.24, 2.45) is 57.9 Å². The molecule has 0 saturated heterocycles. The number of allylic oxidation sites excluding steroid dienone is 4. The summed E-state index contributed by atoms with van der Waals surface area (Å²) in [5.41, 5.74) is 7.89. The van der Waals surface area contributed by atoms with Crippen molar-refractivity contribution in [1.82, 2.24) is 5.01 Å². The average Bonchev–Trinajstić information content (AvgIpc) is 3.14. The second kappa shape index (κ2) is 10.1. The fourth-order valence-corrected chi connectivity index (χ4v) is 9.88. The molecule has 6 heteroatoms. The van der Waals surface area contributed by atoms with E-state index in [1.807, 2.05) is 14.0 Å². The van der Waals surface area contributed by atoms with Crippen LogP contribution in [0.2, 0.25) is 0 Å². The minimum atomic E-state index is -0.445. The van der Waals surface area contributed by atoms with Gasteiger partial charge in [-0.2, -0.15) is 0 Å². The average molecular weight is 514 g/mol. The number of ether oxygens (including phenoxy) is 1. The van der Waals surface area contributed by atoms with Crippen LogP contribution in [0.4, 0.5) is 4.39 Å². The summed E-state index contributed by atoms with van der Waals surface area (Å²) < 4.78 is 20.8. The Bertz CT molecular complexity index is 1000. The van der Waals surface area contributed by atoms with Gasteiger partial charge in [-0.05, 0) is 117 Å². The van der Waals surface area contributed by atoms with Crippen LogP contribution in [0, 0.1) is 46.3 Å². The highest BCUT2D eigenvalue weighted by Crippen LogP contribution is 2.68. The standard InChI is InChI=1S/C31H48FN3O2/c1-19-5-10-26(32)29(27(33)16-19)35(34)17-28(36)25-9-8-23-22-7-6-21-15-20(2)11-14-31(21,18-37-4)24(22)12-13-30(23,25)3/h10,16,20-25H,5-9,11-15,17-18,33-34H2,1-4H3/t20-,21?,22-,23?,24-,25+,30-,31+/m0/s1. The molecule has 0 aliphatic heterocycles. The van der Waals surface area contributed by atoms with Crippen molar-refractivity contribution >= 4 is 5.78 Å². The van der Waals surface area contributed by atoms with Gasteiger partial charge in [0.05, 0.1) is 18.8 Å². The number of nitrogens with two attached hydrogens (primary N) is 2. The predicted molar refractivity (Wildman–Crippen MR) is 145 cm³/mol. The van der Waals surface area contributed by atoms with Crippen LogP contribution in [0.25, 0.3) is 0 Å². The first-order valence-corrected chi connectivity index (χ1v) is 14.7. The lowest BCUT2D eigenvalue weighted by Crippen LogP contribution is -2.56. The van der Waals surface area contributed by atoms with Crippen molar-refractivity contribution in [2.75, 3.05) is 20.3 Å². The molecule has 0 radical (unpaired) electrons. The molecule has 0 aromatic rings. The van der Waals surface area contributed by atoms with Crippen LogP contribution in [0.3, 0.4) is 0 Å². The Kier molecular flexibility index (Phi) is 7.38. The highest BCUT2D eigenvalue weighted by Gasteiger charge is 2.62. The smallest absolute Gasteiger partial charge is 0.157 e. The van der Waals surface area contributed by atoms with Crippen molar-refractivity contribution in [1.29, 1.82) is 0 Å². The molecule has 206 valence electrons. The highest BCUT2D eigenvalue weighted by atomic mass is 19.1. The Labute approximate surface area is 222 Å². The van der Waals surface area contributed by atoms with E-state index in [4.69, 9.17) is 16.3 Å². The quantitative estimate of drug-likeness (QED) is 0.335. The van der Waals surface area contributed by atoms with Crippen LogP contribution < -0.4 is 11.6 Å². The van der Waals surface area contributed by atoms with Crippen molar-refractivity contribution in [3.63, 3.8) is 0 Å². The molecule has 0 bridgehead atoms. The third-order valence-corrected chi connectivity index (χ3v) is 11.5. The largest absolute Gasteiger partial charge is 0.397 e.